The van der Waals surface area contributed by atoms with Gasteiger partial charge in [-0.25, -0.2) is 4.39 Å². The molecule has 0 radical (unpaired) electrons. The molecule has 74 valence electrons. The van der Waals surface area contributed by atoms with Crippen molar-refractivity contribution in [1.82, 2.24) is 4.90 Å². The number of hydrogen-bond donors (Lipinski definition) is 1. The van der Waals surface area contributed by atoms with Crippen LogP contribution in [0.15, 0.2) is 12.2 Å². The van der Waals surface area contributed by atoms with Crippen LogP contribution < -0.4 is 5.73 Å². The predicted molar refractivity (Wildman–Crippen MR) is 51.2 cm³/mol. The van der Waals surface area contributed by atoms with Gasteiger partial charge in [-0.15, -0.1) is 0 Å². The molecule has 1 aliphatic carbocycles. The summed E-state index contributed by atoms with van der Waals surface area (Å²) in [5.41, 5.74) is 5.75. The molecular formula is C10H17FN2. The van der Waals surface area contributed by atoms with Gasteiger partial charge in [-0.3, -0.25) is 4.90 Å². The van der Waals surface area contributed by atoms with Crippen LogP contribution in [-0.4, -0.2) is 36.7 Å². The summed E-state index contributed by atoms with van der Waals surface area (Å²) in [5, 5.41) is 0. The molecule has 1 heterocycles. The monoisotopic (exact) mass is 184 g/mol. The van der Waals surface area contributed by atoms with E-state index in [1.165, 1.54) is 0 Å². The molecular weight excluding hydrogens is 167 g/mol. The highest BCUT2D eigenvalue weighted by Gasteiger charge is 2.25. The molecule has 0 spiro atoms. The minimum absolute atomic E-state index is 0.230. The van der Waals surface area contributed by atoms with Crippen molar-refractivity contribution >= 4 is 0 Å². The Balaban J connectivity index is 1.76. The van der Waals surface area contributed by atoms with Gasteiger partial charge in [0.05, 0.1) is 0 Å². The van der Waals surface area contributed by atoms with E-state index in [1.54, 1.807) is 0 Å². The summed E-state index contributed by atoms with van der Waals surface area (Å²) >= 11 is 0. The third-order valence-electron chi connectivity index (χ3n) is 2.91. The lowest BCUT2D eigenvalue weighted by molar-refractivity contribution is 0.265. The number of halogens is 1. The van der Waals surface area contributed by atoms with Crippen LogP contribution in [0.4, 0.5) is 4.39 Å². The van der Waals surface area contributed by atoms with Gasteiger partial charge in [-0.05, 0) is 18.8 Å². The third-order valence-corrected chi connectivity index (χ3v) is 2.91. The van der Waals surface area contributed by atoms with Crippen LogP contribution in [0.1, 0.15) is 12.8 Å². The van der Waals surface area contributed by atoms with Crippen molar-refractivity contribution in [3.63, 3.8) is 0 Å². The van der Waals surface area contributed by atoms with Crippen LogP contribution in [-0.2, 0) is 0 Å². The zero-order chi connectivity index (χ0) is 9.26. The topological polar surface area (TPSA) is 29.3 Å². The molecule has 1 fully saturated rings. The second-order valence-corrected chi connectivity index (χ2v) is 4.19. The molecule has 1 aliphatic heterocycles. The second kappa shape index (κ2) is 3.76. The Morgan fingerprint density at radius 2 is 2.31 bits per heavy atom. The number of alkyl halides is 1. The summed E-state index contributed by atoms with van der Waals surface area (Å²) in [5.74, 6) is 0.556. The number of hydrogen-bond acceptors (Lipinski definition) is 2. The fourth-order valence-electron chi connectivity index (χ4n) is 2.22. The van der Waals surface area contributed by atoms with Crippen LogP contribution in [0.5, 0.6) is 0 Å². The first-order valence-electron chi connectivity index (χ1n) is 5.04. The third kappa shape index (κ3) is 2.29. The number of nitrogens with two attached hydrogens (primary N) is 1. The van der Waals surface area contributed by atoms with E-state index in [4.69, 9.17) is 5.73 Å². The summed E-state index contributed by atoms with van der Waals surface area (Å²) in [7, 11) is 0. The van der Waals surface area contributed by atoms with E-state index in [2.05, 4.69) is 17.1 Å². The fraction of sp³-hybridized carbons (Fsp3) is 0.800. The van der Waals surface area contributed by atoms with Crippen molar-refractivity contribution < 1.29 is 4.39 Å². The molecule has 2 aliphatic rings. The highest BCUT2D eigenvalue weighted by Crippen LogP contribution is 2.20. The van der Waals surface area contributed by atoms with Gasteiger partial charge in [0.15, 0.2) is 0 Å². The lowest BCUT2D eigenvalue weighted by Gasteiger charge is -2.18. The van der Waals surface area contributed by atoms with Crippen molar-refractivity contribution in [2.45, 2.75) is 25.1 Å². The Morgan fingerprint density at radius 3 is 2.85 bits per heavy atom. The molecule has 0 aromatic carbocycles. The minimum Gasteiger partial charge on any atom is -0.324 e. The molecule has 2 nitrogen and oxygen atoms in total. The summed E-state index contributed by atoms with van der Waals surface area (Å²) < 4.78 is 12.8. The summed E-state index contributed by atoms with van der Waals surface area (Å²) in [4.78, 5) is 2.21. The molecule has 2 N–H and O–H groups in total. The Kier molecular flexibility index (Phi) is 2.65. The average Bonchev–Trinajstić information content (AvgIpc) is 2.62. The lowest BCUT2D eigenvalue weighted by Crippen LogP contribution is -2.28. The first kappa shape index (κ1) is 9.16. The van der Waals surface area contributed by atoms with E-state index in [0.29, 0.717) is 18.9 Å². The van der Waals surface area contributed by atoms with E-state index in [0.717, 1.165) is 19.5 Å². The summed E-state index contributed by atoms with van der Waals surface area (Å²) in [6.07, 6.45) is 5.39. The Bertz CT molecular complexity index is 205. The molecule has 0 aromatic rings. The number of likely N-dealkylation sites (tertiary alicyclic amines) is 1. The summed E-state index contributed by atoms with van der Waals surface area (Å²) in [6, 6.07) is 0.230. The first-order chi connectivity index (χ1) is 6.24. The van der Waals surface area contributed by atoms with Gasteiger partial charge in [-0.1, -0.05) is 12.2 Å². The standard InChI is InChI=1S/C10H17FN2/c11-9-3-4-13(7-9)6-8-1-2-10(12)5-8/h1-2,8-10H,3-7,12H2. The largest absolute Gasteiger partial charge is 0.324 e. The molecule has 2 rings (SSSR count). The maximum Gasteiger partial charge on any atom is 0.114 e. The normalized spacial score (nSPS) is 40.3. The fourth-order valence-corrected chi connectivity index (χ4v) is 2.22. The van der Waals surface area contributed by atoms with Gasteiger partial charge >= 0.3 is 0 Å². The molecule has 3 atom stereocenters. The smallest absolute Gasteiger partial charge is 0.114 e. The van der Waals surface area contributed by atoms with Crippen molar-refractivity contribution in [3.8, 4) is 0 Å². The van der Waals surface area contributed by atoms with Crippen LogP contribution in [0.25, 0.3) is 0 Å². The number of rotatable bonds is 2. The van der Waals surface area contributed by atoms with Crippen molar-refractivity contribution in [1.29, 1.82) is 0 Å². The maximum atomic E-state index is 12.8. The predicted octanol–water partition coefficient (Wildman–Crippen LogP) is 0.934. The highest BCUT2D eigenvalue weighted by molar-refractivity contribution is 5.05. The SMILES string of the molecule is NC1C=CC(CN2CCC(F)C2)C1. The average molecular weight is 184 g/mol. The van der Waals surface area contributed by atoms with Gasteiger partial charge in [0.1, 0.15) is 6.17 Å². The highest BCUT2D eigenvalue weighted by atomic mass is 19.1. The van der Waals surface area contributed by atoms with Gasteiger partial charge in [0.2, 0.25) is 0 Å². The number of nitrogens with zero attached hydrogens (tertiary/aromatic N) is 1. The first-order valence-corrected chi connectivity index (χ1v) is 5.04. The van der Waals surface area contributed by atoms with Gasteiger partial charge in [0, 0.05) is 25.7 Å². The van der Waals surface area contributed by atoms with E-state index in [1.807, 2.05) is 0 Å². The van der Waals surface area contributed by atoms with E-state index in [-0.39, 0.29) is 6.04 Å². The molecule has 0 aromatic heterocycles. The molecule has 13 heavy (non-hydrogen) atoms. The van der Waals surface area contributed by atoms with Gasteiger partial charge in [-0.2, -0.15) is 0 Å². The van der Waals surface area contributed by atoms with E-state index in [9.17, 15) is 4.39 Å². The second-order valence-electron chi connectivity index (χ2n) is 4.19. The van der Waals surface area contributed by atoms with Crippen LogP contribution in [0.3, 0.4) is 0 Å². The molecule has 3 heteroatoms. The van der Waals surface area contributed by atoms with Crippen LogP contribution in [0.2, 0.25) is 0 Å². The molecule has 0 bridgehead atoms. The van der Waals surface area contributed by atoms with Crippen molar-refractivity contribution in [2.75, 3.05) is 19.6 Å². The molecule has 0 saturated carbocycles. The van der Waals surface area contributed by atoms with Crippen LogP contribution in [0, 0.1) is 5.92 Å². The van der Waals surface area contributed by atoms with Crippen LogP contribution >= 0.6 is 0 Å². The van der Waals surface area contributed by atoms with E-state index >= 15 is 0 Å². The Morgan fingerprint density at radius 1 is 1.46 bits per heavy atom. The van der Waals surface area contributed by atoms with Gasteiger partial charge in [0.25, 0.3) is 0 Å². The van der Waals surface area contributed by atoms with Gasteiger partial charge < -0.3 is 5.73 Å². The minimum atomic E-state index is -0.598. The summed E-state index contributed by atoms with van der Waals surface area (Å²) in [6.45, 7) is 2.53. The zero-order valence-corrected chi connectivity index (χ0v) is 7.82. The van der Waals surface area contributed by atoms with Crippen molar-refractivity contribution in [2.24, 2.45) is 11.7 Å². The molecule has 3 unspecified atom stereocenters. The quantitative estimate of drug-likeness (QED) is 0.647. The molecule has 1 saturated heterocycles. The molecule has 0 amide bonds. The Labute approximate surface area is 78.6 Å². The van der Waals surface area contributed by atoms with E-state index < -0.39 is 6.17 Å². The van der Waals surface area contributed by atoms with Crippen molar-refractivity contribution in [3.05, 3.63) is 12.2 Å². The maximum absolute atomic E-state index is 12.8. The Hall–Kier alpha value is -0.410. The zero-order valence-electron chi connectivity index (χ0n) is 7.82. The lowest BCUT2D eigenvalue weighted by atomic mass is 10.1.